The van der Waals surface area contributed by atoms with Gasteiger partial charge >= 0.3 is 0 Å². The number of benzene rings is 6. The third-order valence-electron chi connectivity index (χ3n) is 7.08. The molecule has 2 heteroatoms. The van der Waals surface area contributed by atoms with E-state index >= 15 is 0 Å². The summed E-state index contributed by atoms with van der Waals surface area (Å²) in [6.45, 7) is 3.74. The van der Waals surface area contributed by atoms with Gasteiger partial charge in [0.15, 0.2) is 0 Å². The fourth-order valence-electron chi connectivity index (χ4n) is 5.36. The van der Waals surface area contributed by atoms with Crippen molar-refractivity contribution in [2.75, 3.05) is 13.1 Å². The number of rotatable bonds is 8. The van der Waals surface area contributed by atoms with E-state index in [0.29, 0.717) is 0 Å². The zero-order valence-electron chi connectivity index (χ0n) is 19.9. The van der Waals surface area contributed by atoms with E-state index in [1.54, 1.807) is 0 Å². The van der Waals surface area contributed by atoms with E-state index in [-0.39, 0.29) is 0 Å². The van der Waals surface area contributed by atoms with Gasteiger partial charge in [-0.25, -0.2) is 0 Å². The van der Waals surface area contributed by atoms with Crippen molar-refractivity contribution in [3.63, 3.8) is 0 Å². The predicted octanol–water partition coefficient (Wildman–Crippen LogP) is 7.57. The molecule has 6 rings (SSSR count). The van der Waals surface area contributed by atoms with Gasteiger partial charge in [0.25, 0.3) is 0 Å². The summed E-state index contributed by atoms with van der Waals surface area (Å²) in [5.74, 6) is 0. The lowest BCUT2D eigenvalue weighted by molar-refractivity contribution is 0.599. The highest BCUT2D eigenvalue weighted by atomic mass is 14.9. The third kappa shape index (κ3) is 4.39. The summed E-state index contributed by atoms with van der Waals surface area (Å²) in [7, 11) is 0. The van der Waals surface area contributed by atoms with Gasteiger partial charge < -0.3 is 10.6 Å². The molecule has 0 fully saturated rings. The van der Waals surface area contributed by atoms with Crippen LogP contribution in [0.3, 0.4) is 0 Å². The van der Waals surface area contributed by atoms with E-state index < -0.39 is 0 Å². The van der Waals surface area contributed by atoms with E-state index in [2.05, 4.69) is 120 Å². The van der Waals surface area contributed by atoms with Crippen molar-refractivity contribution in [2.24, 2.45) is 0 Å². The Balaban J connectivity index is 1.10. The van der Waals surface area contributed by atoms with Crippen LogP contribution >= 0.6 is 0 Å². The Kier molecular flexibility index (Phi) is 6.15. The highest BCUT2D eigenvalue weighted by Crippen LogP contribution is 2.29. The number of hydrogen-bond donors (Lipinski definition) is 2. The fraction of sp³-hybridized carbons (Fsp3) is 0.152. The first-order chi connectivity index (χ1) is 17.4. The monoisotopic (exact) mass is 454 g/mol. The van der Waals surface area contributed by atoms with Crippen LogP contribution in [0.25, 0.3) is 43.1 Å². The summed E-state index contributed by atoms with van der Waals surface area (Å²) in [4.78, 5) is 0. The van der Waals surface area contributed by atoms with E-state index in [4.69, 9.17) is 0 Å². The molecule has 0 bridgehead atoms. The molecule has 35 heavy (non-hydrogen) atoms. The fourth-order valence-corrected chi connectivity index (χ4v) is 5.36. The van der Waals surface area contributed by atoms with Crippen LogP contribution < -0.4 is 10.6 Å². The van der Waals surface area contributed by atoms with Gasteiger partial charge in [-0.3, -0.25) is 0 Å². The smallest absolute Gasteiger partial charge is 0.0217 e. The summed E-state index contributed by atoms with van der Waals surface area (Å²) in [6, 6.07) is 39.5. The van der Waals surface area contributed by atoms with Gasteiger partial charge in [0.2, 0.25) is 0 Å². The molecule has 0 radical (unpaired) electrons. The van der Waals surface area contributed by atoms with Crippen molar-refractivity contribution >= 4 is 43.1 Å². The molecule has 2 nitrogen and oxygen atoms in total. The standard InChI is InChI=1S/C33H30N2/c1-5-14-28-24(10-1)20-25-11-2-6-15-29(25)32(28)22-34-18-9-19-35-23-33-30-16-7-3-12-26(30)21-27-13-4-8-17-31(27)33/h1-8,10-17,20-21,34-35H,9,18-19,22-23H2. The molecule has 0 aliphatic heterocycles. The lowest BCUT2D eigenvalue weighted by Gasteiger charge is -2.14. The molecule has 2 N–H and O–H groups in total. The van der Waals surface area contributed by atoms with E-state index in [0.717, 1.165) is 32.6 Å². The molecule has 0 saturated carbocycles. The van der Waals surface area contributed by atoms with Crippen molar-refractivity contribution in [3.05, 3.63) is 120 Å². The van der Waals surface area contributed by atoms with Crippen LogP contribution in [0.1, 0.15) is 17.5 Å². The first-order valence-electron chi connectivity index (χ1n) is 12.6. The van der Waals surface area contributed by atoms with Crippen LogP contribution in [0.5, 0.6) is 0 Å². The predicted molar refractivity (Wildman–Crippen MR) is 151 cm³/mol. The highest BCUT2D eigenvalue weighted by Gasteiger charge is 2.08. The maximum atomic E-state index is 3.70. The molecule has 0 spiro atoms. The lowest BCUT2D eigenvalue weighted by atomic mass is 9.96. The molecule has 0 heterocycles. The van der Waals surface area contributed by atoms with Crippen molar-refractivity contribution in [1.29, 1.82) is 0 Å². The van der Waals surface area contributed by atoms with Gasteiger partial charge in [-0.15, -0.1) is 0 Å². The Labute approximate surface area is 206 Å². The molecule has 172 valence electrons. The molecule has 6 aromatic carbocycles. The minimum atomic E-state index is 0.885. The average molecular weight is 455 g/mol. The first kappa shape index (κ1) is 21.8. The Morgan fingerprint density at radius 3 is 1.06 bits per heavy atom. The minimum Gasteiger partial charge on any atom is -0.313 e. The van der Waals surface area contributed by atoms with Gasteiger partial charge in [-0.2, -0.15) is 0 Å². The molecule has 0 atom stereocenters. The van der Waals surface area contributed by atoms with Gasteiger partial charge in [-0.1, -0.05) is 97.1 Å². The van der Waals surface area contributed by atoms with Crippen LogP contribution in [0.2, 0.25) is 0 Å². The third-order valence-corrected chi connectivity index (χ3v) is 7.08. The first-order valence-corrected chi connectivity index (χ1v) is 12.6. The van der Waals surface area contributed by atoms with Crippen LogP contribution in [0.15, 0.2) is 109 Å². The minimum absolute atomic E-state index is 0.885. The SMILES string of the molecule is c1ccc2c(CNCCCNCc3c4ccccc4cc4ccccc34)c3ccccc3cc2c1. The van der Waals surface area contributed by atoms with Crippen LogP contribution in [0.4, 0.5) is 0 Å². The second-order valence-corrected chi connectivity index (χ2v) is 9.30. The van der Waals surface area contributed by atoms with Crippen molar-refractivity contribution < 1.29 is 0 Å². The summed E-state index contributed by atoms with van der Waals surface area (Å²) in [5, 5.41) is 18.0. The van der Waals surface area contributed by atoms with Crippen LogP contribution in [0, 0.1) is 0 Å². The van der Waals surface area contributed by atoms with Crippen LogP contribution in [-0.4, -0.2) is 13.1 Å². The van der Waals surface area contributed by atoms with E-state index in [1.165, 1.54) is 54.2 Å². The summed E-state index contributed by atoms with van der Waals surface area (Å²) < 4.78 is 0. The quantitative estimate of drug-likeness (QED) is 0.183. The Hall–Kier alpha value is -3.72. The Morgan fingerprint density at radius 1 is 0.400 bits per heavy atom. The molecule has 6 aromatic rings. The van der Waals surface area contributed by atoms with Crippen LogP contribution in [-0.2, 0) is 13.1 Å². The second-order valence-electron chi connectivity index (χ2n) is 9.30. The van der Waals surface area contributed by atoms with Crippen molar-refractivity contribution in [1.82, 2.24) is 10.6 Å². The molecular formula is C33H30N2. The van der Waals surface area contributed by atoms with Crippen molar-refractivity contribution in [3.8, 4) is 0 Å². The largest absolute Gasteiger partial charge is 0.313 e. The molecule has 0 saturated heterocycles. The maximum absolute atomic E-state index is 3.70. The zero-order valence-corrected chi connectivity index (χ0v) is 19.9. The molecule has 0 aliphatic rings. The Morgan fingerprint density at radius 2 is 0.714 bits per heavy atom. The molecule has 0 amide bonds. The summed E-state index contributed by atoms with van der Waals surface area (Å²) >= 11 is 0. The lowest BCUT2D eigenvalue weighted by Crippen LogP contribution is -2.22. The number of hydrogen-bond acceptors (Lipinski definition) is 2. The molecule has 0 aromatic heterocycles. The normalized spacial score (nSPS) is 11.7. The van der Waals surface area contributed by atoms with Gasteiger partial charge in [0, 0.05) is 13.1 Å². The zero-order chi connectivity index (χ0) is 23.5. The second kappa shape index (κ2) is 9.87. The summed E-state index contributed by atoms with van der Waals surface area (Å²) in [6.07, 6.45) is 1.09. The van der Waals surface area contributed by atoms with E-state index in [9.17, 15) is 0 Å². The summed E-state index contributed by atoms with van der Waals surface area (Å²) in [5.41, 5.74) is 2.79. The molecule has 0 unspecified atom stereocenters. The van der Waals surface area contributed by atoms with Crippen molar-refractivity contribution in [2.45, 2.75) is 19.5 Å². The van der Waals surface area contributed by atoms with Gasteiger partial charge in [0.05, 0.1) is 0 Å². The van der Waals surface area contributed by atoms with E-state index in [1.807, 2.05) is 0 Å². The number of nitrogens with one attached hydrogen (secondary N) is 2. The van der Waals surface area contributed by atoms with Gasteiger partial charge in [-0.05, 0) is 85.9 Å². The Bertz CT molecular complexity index is 1400. The number of fused-ring (bicyclic) bond motifs is 4. The maximum Gasteiger partial charge on any atom is 0.0217 e. The highest BCUT2D eigenvalue weighted by molar-refractivity contribution is 6.03. The average Bonchev–Trinajstić information content (AvgIpc) is 2.91. The topological polar surface area (TPSA) is 24.1 Å². The molecular weight excluding hydrogens is 424 g/mol. The van der Waals surface area contributed by atoms with Gasteiger partial charge in [0.1, 0.15) is 0 Å². The molecule has 0 aliphatic carbocycles.